The Morgan fingerprint density at radius 2 is 2.05 bits per heavy atom. The highest BCUT2D eigenvalue weighted by atomic mass is 16.6. The summed E-state index contributed by atoms with van der Waals surface area (Å²) in [6.45, 7) is 0.760. The highest BCUT2D eigenvalue weighted by Crippen LogP contribution is 2.12. The lowest BCUT2D eigenvalue weighted by Crippen LogP contribution is -2.44. The van der Waals surface area contributed by atoms with Crippen molar-refractivity contribution in [2.75, 3.05) is 20.7 Å². The van der Waals surface area contributed by atoms with Gasteiger partial charge in [0.15, 0.2) is 0 Å². The van der Waals surface area contributed by atoms with Gasteiger partial charge in [-0.25, -0.2) is 9.69 Å². The Kier molecular flexibility index (Phi) is 5.30. The second kappa shape index (κ2) is 7.19. The van der Waals surface area contributed by atoms with Crippen molar-refractivity contribution in [1.29, 1.82) is 0 Å². The molecule has 1 N–H and O–H groups in total. The van der Waals surface area contributed by atoms with Crippen molar-refractivity contribution in [1.82, 2.24) is 10.2 Å². The first-order valence-electron chi connectivity index (χ1n) is 6.86. The standard InChI is InChI=1S/C15H20N2O4/c1-17(14(18)13-8-12(20-2)9-16-13)15(19)21-10-11-6-4-3-5-7-11/h3-7,12-13,16H,8-10H2,1-2H3/t12-,13-/m0/s1. The van der Waals surface area contributed by atoms with Crippen LogP contribution in [0.5, 0.6) is 0 Å². The zero-order valence-electron chi connectivity index (χ0n) is 12.2. The molecule has 1 heterocycles. The number of carbonyl (C=O) groups is 2. The maximum Gasteiger partial charge on any atom is 0.416 e. The largest absolute Gasteiger partial charge is 0.444 e. The number of benzene rings is 1. The van der Waals surface area contributed by atoms with Gasteiger partial charge in [0.05, 0.1) is 12.1 Å². The highest BCUT2D eigenvalue weighted by Gasteiger charge is 2.33. The van der Waals surface area contributed by atoms with Crippen LogP contribution in [0.1, 0.15) is 12.0 Å². The lowest BCUT2D eigenvalue weighted by Gasteiger charge is -2.19. The van der Waals surface area contributed by atoms with Gasteiger partial charge < -0.3 is 14.8 Å². The summed E-state index contributed by atoms with van der Waals surface area (Å²) in [5.41, 5.74) is 0.880. The molecule has 1 fully saturated rings. The highest BCUT2D eigenvalue weighted by molar-refractivity contribution is 5.94. The first-order valence-corrected chi connectivity index (χ1v) is 6.86. The van der Waals surface area contributed by atoms with E-state index in [4.69, 9.17) is 9.47 Å². The number of hydrogen-bond donors (Lipinski definition) is 1. The van der Waals surface area contributed by atoms with Crippen LogP contribution in [0.25, 0.3) is 0 Å². The summed E-state index contributed by atoms with van der Waals surface area (Å²) in [5.74, 6) is -0.299. The summed E-state index contributed by atoms with van der Waals surface area (Å²) >= 11 is 0. The Morgan fingerprint density at radius 3 is 2.67 bits per heavy atom. The van der Waals surface area contributed by atoms with Crippen LogP contribution in [-0.4, -0.2) is 49.7 Å². The second-order valence-electron chi connectivity index (χ2n) is 4.99. The fourth-order valence-corrected chi connectivity index (χ4v) is 2.21. The summed E-state index contributed by atoms with van der Waals surface area (Å²) in [5, 5.41) is 3.04. The number of amides is 2. The molecule has 0 aliphatic carbocycles. The molecule has 114 valence electrons. The quantitative estimate of drug-likeness (QED) is 0.902. The number of imide groups is 1. The molecule has 0 saturated carbocycles. The van der Waals surface area contributed by atoms with Crippen molar-refractivity contribution >= 4 is 12.0 Å². The predicted molar refractivity (Wildman–Crippen MR) is 76.6 cm³/mol. The van der Waals surface area contributed by atoms with Gasteiger partial charge in [-0.1, -0.05) is 30.3 Å². The molecule has 1 aliphatic rings. The van der Waals surface area contributed by atoms with Crippen LogP contribution in [0.2, 0.25) is 0 Å². The average Bonchev–Trinajstić information content (AvgIpc) is 3.01. The Morgan fingerprint density at radius 1 is 1.33 bits per heavy atom. The number of hydrogen-bond acceptors (Lipinski definition) is 5. The number of nitrogens with zero attached hydrogens (tertiary/aromatic N) is 1. The van der Waals surface area contributed by atoms with E-state index in [9.17, 15) is 9.59 Å². The van der Waals surface area contributed by atoms with E-state index < -0.39 is 12.1 Å². The molecular weight excluding hydrogens is 272 g/mol. The molecule has 2 amide bonds. The van der Waals surface area contributed by atoms with Crippen molar-refractivity contribution in [2.45, 2.75) is 25.2 Å². The van der Waals surface area contributed by atoms with Crippen molar-refractivity contribution in [3.63, 3.8) is 0 Å². The molecule has 1 aliphatic heterocycles. The molecule has 0 radical (unpaired) electrons. The average molecular weight is 292 g/mol. The summed E-state index contributed by atoms with van der Waals surface area (Å²) in [7, 11) is 3.04. The SMILES string of the molecule is CO[C@@H]1CN[C@H](C(=O)N(C)C(=O)OCc2ccccc2)C1. The predicted octanol–water partition coefficient (Wildman–Crippen LogP) is 1.16. The van der Waals surface area contributed by atoms with E-state index in [2.05, 4.69) is 5.32 Å². The molecule has 0 aromatic heterocycles. The van der Waals surface area contributed by atoms with Gasteiger partial charge in [0.1, 0.15) is 6.61 Å². The van der Waals surface area contributed by atoms with E-state index in [1.165, 1.54) is 7.05 Å². The zero-order chi connectivity index (χ0) is 15.2. The van der Waals surface area contributed by atoms with E-state index in [-0.39, 0.29) is 18.6 Å². The number of likely N-dealkylation sites (N-methyl/N-ethyl adjacent to an activating group) is 1. The number of carbonyl (C=O) groups excluding carboxylic acids is 2. The van der Waals surface area contributed by atoms with Crippen LogP contribution in [-0.2, 0) is 20.9 Å². The molecule has 0 unspecified atom stereocenters. The lowest BCUT2D eigenvalue weighted by atomic mass is 10.2. The molecule has 2 atom stereocenters. The van der Waals surface area contributed by atoms with E-state index in [1.54, 1.807) is 7.11 Å². The maximum absolute atomic E-state index is 12.2. The monoisotopic (exact) mass is 292 g/mol. The minimum Gasteiger partial charge on any atom is -0.444 e. The minimum absolute atomic E-state index is 0.00712. The van der Waals surface area contributed by atoms with E-state index in [1.807, 2.05) is 30.3 Å². The minimum atomic E-state index is -0.647. The van der Waals surface area contributed by atoms with Crippen LogP contribution in [0, 0.1) is 0 Å². The second-order valence-corrected chi connectivity index (χ2v) is 4.99. The van der Waals surface area contributed by atoms with Crippen LogP contribution >= 0.6 is 0 Å². The van der Waals surface area contributed by atoms with E-state index >= 15 is 0 Å². The molecule has 1 aromatic rings. The molecule has 21 heavy (non-hydrogen) atoms. The summed E-state index contributed by atoms with van der Waals surface area (Å²) in [4.78, 5) is 25.1. The summed E-state index contributed by atoms with van der Waals surface area (Å²) in [6.07, 6.45) is -0.0785. The normalized spacial score (nSPS) is 21.0. The van der Waals surface area contributed by atoms with Gasteiger partial charge in [-0.15, -0.1) is 0 Å². The van der Waals surface area contributed by atoms with Crippen molar-refractivity contribution in [3.05, 3.63) is 35.9 Å². The van der Waals surface area contributed by atoms with Gasteiger partial charge in [-0.05, 0) is 12.0 Å². The number of rotatable bonds is 4. The molecule has 0 spiro atoms. The summed E-state index contributed by atoms with van der Waals surface area (Å²) < 4.78 is 10.3. The molecule has 2 rings (SSSR count). The van der Waals surface area contributed by atoms with Crippen molar-refractivity contribution in [2.24, 2.45) is 0 Å². The smallest absolute Gasteiger partial charge is 0.416 e. The number of ether oxygens (including phenoxy) is 2. The van der Waals surface area contributed by atoms with Crippen LogP contribution in [0.4, 0.5) is 4.79 Å². The molecular formula is C15H20N2O4. The van der Waals surface area contributed by atoms with Crippen LogP contribution in [0.15, 0.2) is 30.3 Å². The Hall–Kier alpha value is -1.92. The van der Waals surface area contributed by atoms with Gasteiger partial charge in [0.2, 0.25) is 5.91 Å². The van der Waals surface area contributed by atoms with Gasteiger partial charge in [-0.2, -0.15) is 0 Å². The fraction of sp³-hybridized carbons (Fsp3) is 0.467. The number of nitrogens with one attached hydrogen (secondary N) is 1. The van der Waals surface area contributed by atoms with Crippen molar-refractivity contribution < 1.29 is 19.1 Å². The first-order chi connectivity index (χ1) is 10.1. The zero-order valence-corrected chi connectivity index (χ0v) is 12.2. The molecule has 6 heteroatoms. The number of methoxy groups -OCH3 is 1. The molecule has 1 aromatic carbocycles. The fourth-order valence-electron chi connectivity index (χ4n) is 2.21. The van der Waals surface area contributed by atoms with Crippen LogP contribution < -0.4 is 5.32 Å². The van der Waals surface area contributed by atoms with Crippen LogP contribution in [0.3, 0.4) is 0 Å². The third-order valence-corrected chi connectivity index (χ3v) is 3.53. The Bertz CT molecular complexity index is 492. The van der Waals surface area contributed by atoms with Gasteiger partial charge >= 0.3 is 6.09 Å². The molecule has 1 saturated heterocycles. The van der Waals surface area contributed by atoms with E-state index in [0.29, 0.717) is 13.0 Å². The van der Waals surface area contributed by atoms with Gasteiger partial charge in [0.25, 0.3) is 0 Å². The molecule has 6 nitrogen and oxygen atoms in total. The third-order valence-electron chi connectivity index (χ3n) is 3.53. The first kappa shape index (κ1) is 15.5. The Balaban J connectivity index is 1.83. The van der Waals surface area contributed by atoms with Gasteiger partial charge in [0, 0.05) is 20.7 Å². The maximum atomic E-state index is 12.2. The topological polar surface area (TPSA) is 67.9 Å². The molecule has 0 bridgehead atoms. The van der Waals surface area contributed by atoms with E-state index in [0.717, 1.165) is 10.5 Å². The summed E-state index contributed by atoms with van der Waals surface area (Å²) in [6, 6.07) is 8.94. The Labute approximate surface area is 124 Å². The van der Waals surface area contributed by atoms with Gasteiger partial charge in [-0.3, -0.25) is 4.79 Å². The third kappa shape index (κ3) is 4.03. The lowest BCUT2D eigenvalue weighted by molar-refractivity contribution is -0.130. The van der Waals surface area contributed by atoms with Crippen molar-refractivity contribution in [3.8, 4) is 0 Å².